The van der Waals surface area contributed by atoms with Crippen molar-refractivity contribution in [1.29, 1.82) is 0 Å². The van der Waals surface area contributed by atoms with Crippen LogP contribution in [0.5, 0.6) is 0 Å². The molecule has 0 amide bonds. The third-order valence-electron chi connectivity index (χ3n) is 4.31. The van der Waals surface area contributed by atoms with Crippen LogP contribution < -0.4 is 5.32 Å². The lowest BCUT2D eigenvalue weighted by atomic mass is 9.96. The monoisotopic (exact) mass is 314 g/mol. The van der Waals surface area contributed by atoms with Gasteiger partial charge in [-0.15, -0.1) is 0 Å². The third-order valence-corrected chi connectivity index (χ3v) is 5.05. The van der Waals surface area contributed by atoms with E-state index in [0.29, 0.717) is 16.1 Å². The van der Waals surface area contributed by atoms with Gasteiger partial charge < -0.3 is 10.2 Å². The third kappa shape index (κ3) is 4.36. The summed E-state index contributed by atoms with van der Waals surface area (Å²) >= 11 is 12.0. The molecule has 0 spiro atoms. The highest BCUT2D eigenvalue weighted by molar-refractivity contribution is 6.42. The van der Waals surface area contributed by atoms with Gasteiger partial charge in [0.1, 0.15) is 0 Å². The van der Waals surface area contributed by atoms with E-state index in [0.717, 1.165) is 12.5 Å². The molecular weight excluding hydrogens is 291 g/mol. The lowest BCUT2D eigenvalue weighted by Gasteiger charge is -2.31. The summed E-state index contributed by atoms with van der Waals surface area (Å²) in [7, 11) is 0. The van der Waals surface area contributed by atoms with Crippen molar-refractivity contribution in [3.05, 3.63) is 33.8 Å². The first kappa shape index (κ1) is 16.1. The van der Waals surface area contributed by atoms with Crippen LogP contribution in [0.1, 0.15) is 38.3 Å². The van der Waals surface area contributed by atoms with Gasteiger partial charge in [0.25, 0.3) is 0 Å². The van der Waals surface area contributed by atoms with Crippen molar-refractivity contribution in [3.63, 3.8) is 0 Å². The van der Waals surface area contributed by atoms with Crippen molar-refractivity contribution >= 4 is 23.2 Å². The van der Waals surface area contributed by atoms with E-state index in [4.69, 9.17) is 23.2 Å². The van der Waals surface area contributed by atoms with E-state index >= 15 is 0 Å². The molecule has 1 aromatic rings. The Hall–Kier alpha value is -0.280. The van der Waals surface area contributed by atoms with E-state index in [-0.39, 0.29) is 0 Å². The first-order valence-electron chi connectivity index (χ1n) is 7.50. The van der Waals surface area contributed by atoms with Crippen LogP contribution in [0.2, 0.25) is 10.0 Å². The molecule has 2 rings (SSSR count). The summed E-state index contributed by atoms with van der Waals surface area (Å²) in [5.74, 6) is 0.794. The fourth-order valence-corrected chi connectivity index (χ4v) is 3.06. The summed E-state index contributed by atoms with van der Waals surface area (Å²) < 4.78 is 0. The molecule has 4 heteroatoms. The Bertz CT molecular complexity index is 428. The van der Waals surface area contributed by atoms with Gasteiger partial charge in [0.05, 0.1) is 10.0 Å². The fraction of sp³-hybridized carbons (Fsp3) is 0.625. The van der Waals surface area contributed by atoms with Crippen LogP contribution in [0.15, 0.2) is 18.2 Å². The number of nitrogens with one attached hydrogen (secondary N) is 1. The summed E-state index contributed by atoms with van der Waals surface area (Å²) in [6.45, 7) is 9.17. The molecule has 20 heavy (non-hydrogen) atoms. The molecule has 1 atom stereocenters. The predicted molar refractivity (Wildman–Crippen MR) is 87.7 cm³/mol. The Morgan fingerprint density at radius 1 is 1.25 bits per heavy atom. The van der Waals surface area contributed by atoms with Crippen molar-refractivity contribution in [3.8, 4) is 0 Å². The van der Waals surface area contributed by atoms with Gasteiger partial charge >= 0.3 is 0 Å². The van der Waals surface area contributed by atoms with Gasteiger partial charge in [0, 0.05) is 6.04 Å². The highest BCUT2D eigenvalue weighted by Gasteiger charge is 2.18. The van der Waals surface area contributed by atoms with Gasteiger partial charge in [-0.05, 0) is 69.6 Å². The van der Waals surface area contributed by atoms with Crippen molar-refractivity contribution < 1.29 is 0 Å². The molecular formula is C16H24Cl2N2. The number of rotatable bonds is 5. The largest absolute Gasteiger partial charge is 0.310 e. The molecule has 1 heterocycles. The Morgan fingerprint density at radius 3 is 2.55 bits per heavy atom. The summed E-state index contributed by atoms with van der Waals surface area (Å²) in [6, 6.07) is 6.19. The van der Waals surface area contributed by atoms with Crippen LogP contribution in [0.25, 0.3) is 0 Å². The standard InChI is InChI=1S/C16H24Cl2N2/c1-3-20-8-6-13(7-9-20)11-19-12(2)14-4-5-15(17)16(18)10-14/h4-5,10,12-13,19H,3,6-9,11H2,1-2H3. The number of nitrogens with zero attached hydrogens (tertiary/aromatic N) is 1. The predicted octanol–water partition coefficient (Wildman–Crippen LogP) is 4.38. The summed E-state index contributed by atoms with van der Waals surface area (Å²) in [6.07, 6.45) is 2.60. The minimum atomic E-state index is 0.314. The first-order valence-corrected chi connectivity index (χ1v) is 8.26. The number of hydrogen-bond donors (Lipinski definition) is 1. The van der Waals surface area contributed by atoms with E-state index in [1.54, 1.807) is 0 Å². The SMILES string of the molecule is CCN1CCC(CNC(C)c2ccc(Cl)c(Cl)c2)CC1. The Morgan fingerprint density at radius 2 is 1.95 bits per heavy atom. The molecule has 1 aliphatic heterocycles. The smallest absolute Gasteiger partial charge is 0.0595 e. The molecule has 1 saturated heterocycles. The minimum Gasteiger partial charge on any atom is -0.310 e. The second-order valence-electron chi connectivity index (χ2n) is 5.68. The van der Waals surface area contributed by atoms with E-state index in [1.165, 1.54) is 38.0 Å². The molecule has 1 N–H and O–H groups in total. The molecule has 1 aliphatic rings. The molecule has 0 aliphatic carbocycles. The Labute approximate surface area is 132 Å². The van der Waals surface area contributed by atoms with E-state index in [1.807, 2.05) is 18.2 Å². The number of halogens is 2. The first-order chi connectivity index (χ1) is 9.60. The maximum Gasteiger partial charge on any atom is 0.0595 e. The van der Waals surface area contributed by atoms with Crippen molar-refractivity contribution in [2.75, 3.05) is 26.2 Å². The van der Waals surface area contributed by atoms with E-state index < -0.39 is 0 Å². The quantitative estimate of drug-likeness (QED) is 0.867. The van der Waals surface area contributed by atoms with Crippen molar-refractivity contribution in [1.82, 2.24) is 10.2 Å². The average molecular weight is 315 g/mol. The van der Waals surface area contributed by atoms with Crippen molar-refractivity contribution in [2.45, 2.75) is 32.7 Å². The van der Waals surface area contributed by atoms with Crippen LogP contribution in [-0.2, 0) is 0 Å². The van der Waals surface area contributed by atoms with Crippen LogP contribution in [0.4, 0.5) is 0 Å². The zero-order valence-electron chi connectivity index (χ0n) is 12.3. The van der Waals surface area contributed by atoms with E-state index in [2.05, 4.69) is 24.1 Å². The molecule has 112 valence electrons. The summed E-state index contributed by atoms with van der Waals surface area (Å²) in [5, 5.41) is 4.88. The second kappa shape index (κ2) is 7.65. The Balaban J connectivity index is 1.80. The molecule has 1 unspecified atom stereocenters. The highest BCUT2D eigenvalue weighted by atomic mass is 35.5. The van der Waals surface area contributed by atoms with Crippen LogP contribution in [0.3, 0.4) is 0 Å². The van der Waals surface area contributed by atoms with Gasteiger partial charge in [-0.1, -0.05) is 36.2 Å². The number of hydrogen-bond acceptors (Lipinski definition) is 2. The number of likely N-dealkylation sites (tertiary alicyclic amines) is 1. The molecule has 0 bridgehead atoms. The van der Waals surface area contributed by atoms with Gasteiger partial charge in [0.2, 0.25) is 0 Å². The van der Waals surface area contributed by atoms with Crippen LogP contribution >= 0.6 is 23.2 Å². The van der Waals surface area contributed by atoms with E-state index in [9.17, 15) is 0 Å². The number of benzene rings is 1. The number of piperidine rings is 1. The topological polar surface area (TPSA) is 15.3 Å². The maximum absolute atomic E-state index is 6.07. The molecule has 2 nitrogen and oxygen atoms in total. The highest BCUT2D eigenvalue weighted by Crippen LogP contribution is 2.26. The second-order valence-corrected chi connectivity index (χ2v) is 6.50. The van der Waals surface area contributed by atoms with Crippen molar-refractivity contribution in [2.24, 2.45) is 5.92 Å². The lowest BCUT2D eigenvalue weighted by molar-refractivity contribution is 0.188. The van der Waals surface area contributed by atoms with Gasteiger partial charge in [-0.3, -0.25) is 0 Å². The average Bonchev–Trinajstić information content (AvgIpc) is 2.48. The zero-order valence-corrected chi connectivity index (χ0v) is 13.8. The molecule has 1 aromatic carbocycles. The molecule has 0 aromatic heterocycles. The summed E-state index contributed by atoms with van der Waals surface area (Å²) in [4.78, 5) is 2.53. The molecule has 0 radical (unpaired) electrons. The van der Waals surface area contributed by atoms with Gasteiger partial charge in [0.15, 0.2) is 0 Å². The minimum absolute atomic E-state index is 0.314. The lowest BCUT2D eigenvalue weighted by Crippen LogP contribution is -2.37. The zero-order chi connectivity index (χ0) is 14.5. The molecule has 0 saturated carbocycles. The van der Waals surface area contributed by atoms with Gasteiger partial charge in [-0.2, -0.15) is 0 Å². The van der Waals surface area contributed by atoms with Gasteiger partial charge in [-0.25, -0.2) is 0 Å². The van der Waals surface area contributed by atoms with Crippen LogP contribution in [-0.4, -0.2) is 31.1 Å². The fourth-order valence-electron chi connectivity index (χ4n) is 2.75. The van der Waals surface area contributed by atoms with Crippen LogP contribution in [0, 0.1) is 5.92 Å². The normalized spacial score (nSPS) is 19.2. The maximum atomic E-state index is 6.07. The Kier molecular flexibility index (Phi) is 6.16. The molecule has 1 fully saturated rings. The summed E-state index contributed by atoms with van der Waals surface area (Å²) in [5.41, 5.74) is 1.20.